The van der Waals surface area contributed by atoms with E-state index >= 15 is 0 Å². The maximum absolute atomic E-state index is 5.74. The second kappa shape index (κ2) is 3.68. The van der Waals surface area contributed by atoms with E-state index in [9.17, 15) is 0 Å². The van der Waals surface area contributed by atoms with Crippen molar-refractivity contribution in [3.8, 4) is 5.75 Å². The third-order valence-corrected chi connectivity index (χ3v) is 1.70. The molecule has 0 saturated heterocycles. The van der Waals surface area contributed by atoms with E-state index in [1.807, 2.05) is 6.07 Å². The van der Waals surface area contributed by atoms with Crippen LogP contribution in [0, 0.1) is 0 Å². The third kappa shape index (κ3) is 1.90. The first-order chi connectivity index (χ1) is 5.27. The molecule has 0 aromatic heterocycles. The highest BCUT2D eigenvalue weighted by molar-refractivity contribution is 6.30. The van der Waals surface area contributed by atoms with Gasteiger partial charge in [0.2, 0.25) is 0 Å². The Morgan fingerprint density at radius 2 is 2.27 bits per heavy atom. The standard InChI is InChI=1S/C8H8BClO/c1-11-8-3-2-7(10)4-6(8)5-9/h2-4H,5H2,1H3. The minimum absolute atomic E-state index is 0.448. The lowest BCUT2D eigenvalue weighted by molar-refractivity contribution is 0.411. The minimum atomic E-state index is 0.448. The molecule has 11 heavy (non-hydrogen) atoms. The van der Waals surface area contributed by atoms with E-state index in [0.29, 0.717) is 11.3 Å². The molecule has 0 aliphatic rings. The molecule has 0 aliphatic heterocycles. The predicted molar refractivity (Wildman–Crippen MR) is 47.5 cm³/mol. The number of methoxy groups -OCH3 is 1. The van der Waals surface area contributed by atoms with E-state index in [0.717, 1.165) is 11.3 Å². The summed E-state index contributed by atoms with van der Waals surface area (Å²) in [6.45, 7) is 0. The molecule has 3 heteroatoms. The molecule has 0 saturated carbocycles. The van der Waals surface area contributed by atoms with Gasteiger partial charge in [-0.05, 0) is 23.8 Å². The van der Waals surface area contributed by atoms with Crippen LogP contribution in [0.3, 0.4) is 0 Å². The summed E-state index contributed by atoms with van der Waals surface area (Å²) in [4.78, 5) is 0. The smallest absolute Gasteiger partial charge is 0.121 e. The van der Waals surface area contributed by atoms with E-state index < -0.39 is 0 Å². The van der Waals surface area contributed by atoms with Gasteiger partial charge in [0.05, 0.1) is 15.0 Å². The molecule has 0 N–H and O–H groups in total. The number of hydrogen-bond acceptors (Lipinski definition) is 1. The highest BCUT2D eigenvalue weighted by atomic mass is 35.5. The maximum atomic E-state index is 5.74. The lowest BCUT2D eigenvalue weighted by Gasteiger charge is -2.05. The van der Waals surface area contributed by atoms with Gasteiger partial charge in [0.25, 0.3) is 0 Å². The zero-order valence-electron chi connectivity index (χ0n) is 6.30. The van der Waals surface area contributed by atoms with E-state index in [1.54, 1.807) is 19.2 Å². The molecule has 0 heterocycles. The van der Waals surface area contributed by atoms with Gasteiger partial charge < -0.3 is 4.74 Å². The summed E-state index contributed by atoms with van der Waals surface area (Å²) in [6.07, 6.45) is 0.448. The molecule has 0 bridgehead atoms. The Balaban J connectivity index is 3.06. The van der Waals surface area contributed by atoms with Gasteiger partial charge in [0.15, 0.2) is 0 Å². The van der Waals surface area contributed by atoms with Gasteiger partial charge in [0.1, 0.15) is 5.75 Å². The van der Waals surface area contributed by atoms with Crippen LogP contribution in [-0.4, -0.2) is 15.0 Å². The highest BCUT2D eigenvalue weighted by Crippen LogP contribution is 2.21. The van der Waals surface area contributed by atoms with Crippen molar-refractivity contribution < 1.29 is 4.74 Å². The third-order valence-electron chi connectivity index (χ3n) is 1.46. The molecule has 2 radical (unpaired) electrons. The number of halogens is 1. The van der Waals surface area contributed by atoms with E-state index in [4.69, 9.17) is 24.2 Å². The molecular formula is C8H8BClO. The monoisotopic (exact) mass is 166 g/mol. The van der Waals surface area contributed by atoms with Crippen LogP contribution in [0.15, 0.2) is 18.2 Å². The Morgan fingerprint density at radius 1 is 1.55 bits per heavy atom. The van der Waals surface area contributed by atoms with Crippen LogP contribution < -0.4 is 4.74 Å². The van der Waals surface area contributed by atoms with Gasteiger partial charge in [-0.2, -0.15) is 0 Å². The molecule has 0 unspecified atom stereocenters. The zero-order valence-corrected chi connectivity index (χ0v) is 7.06. The van der Waals surface area contributed by atoms with Crippen molar-refractivity contribution in [2.24, 2.45) is 0 Å². The van der Waals surface area contributed by atoms with Crippen molar-refractivity contribution in [3.63, 3.8) is 0 Å². The Morgan fingerprint density at radius 3 is 2.82 bits per heavy atom. The molecule has 0 fully saturated rings. The van der Waals surface area contributed by atoms with E-state index in [2.05, 4.69) is 0 Å². The first-order valence-corrected chi connectivity index (χ1v) is 3.68. The summed E-state index contributed by atoms with van der Waals surface area (Å²) in [6, 6.07) is 5.39. The predicted octanol–water partition coefficient (Wildman–Crippen LogP) is 2.02. The second-order valence-electron chi connectivity index (χ2n) is 2.16. The summed E-state index contributed by atoms with van der Waals surface area (Å²) < 4.78 is 5.05. The van der Waals surface area contributed by atoms with Crippen LogP contribution in [0.25, 0.3) is 0 Å². The van der Waals surface area contributed by atoms with Crippen LogP contribution in [0.4, 0.5) is 0 Å². The fourth-order valence-corrected chi connectivity index (χ4v) is 1.10. The van der Waals surface area contributed by atoms with Gasteiger partial charge in [-0.1, -0.05) is 17.9 Å². The molecule has 1 nitrogen and oxygen atoms in total. The Labute approximate surface area is 72.7 Å². The molecule has 56 valence electrons. The van der Waals surface area contributed by atoms with Gasteiger partial charge in [-0.25, -0.2) is 0 Å². The summed E-state index contributed by atoms with van der Waals surface area (Å²) >= 11 is 5.74. The molecule has 0 spiro atoms. The van der Waals surface area contributed by atoms with Crippen molar-refractivity contribution in [2.45, 2.75) is 6.32 Å². The van der Waals surface area contributed by atoms with Crippen molar-refractivity contribution >= 4 is 19.4 Å². The zero-order chi connectivity index (χ0) is 8.27. The van der Waals surface area contributed by atoms with Crippen molar-refractivity contribution in [3.05, 3.63) is 28.8 Å². The topological polar surface area (TPSA) is 9.23 Å². The SMILES string of the molecule is [B]Cc1cc(Cl)ccc1OC. The molecule has 1 aromatic carbocycles. The summed E-state index contributed by atoms with van der Waals surface area (Å²) in [5.74, 6) is 0.789. The molecular weight excluding hydrogens is 158 g/mol. The maximum Gasteiger partial charge on any atom is 0.121 e. The number of rotatable bonds is 2. The van der Waals surface area contributed by atoms with Gasteiger partial charge >= 0.3 is 0 Å². The first kappa shape index (κ1) is 8.47. The summed E-state index contributed by atoms with van der Waals surface area (Å²) in [7, 11) is 7.07. The minimum Gasteiger partial charge on any atom is -0.497 e. The first-order valence-electron chi connectivity index (χ1n) is 3.30. The van der Waals surface area contributed by atoms with E-state index in [-0.39, 0.29) is 0 Å². The van der Waals surface area contributed by atoms with Crippen LogP contribution in [0.1, 0.15) is 5.56 Å². The second-order valence-corrected chi connectivity index (χ2v) is 2.60. The largest absolute Gasteiger partial charge is 0.497 e. The van der Waals surface area contributed by atoms with Crippen molar-refractivity contribution in [1.82, 2.24) is 0 Å². The van der Waals surface area contributed by atoms with Crippen LogP contribution >= 0.6 is 11.6 Å². The molecule has 0 aliphatic carbocycles. The lowest BCUT2D eigenvalue weighted by Crippen LogP contribution is -1.91. The Bertz CT molecular complexity index is 250. The summed E-state index contributed by atoms with van der Waals surface area (Å²) in [5, 5.41) is 0.686. The van der Waals surface area contributed by atoms with Gasteiger partial charge in [0, 0.05) is 5.02 Å². The van der Waals surface area contributed by atoms with Gasteiger partial charge in [-0.15, -0.1) is 0 Å². The fraction of sp³-hybridized carbons (Fsp3) is 0.250. The molecule has 1 aromatic rings. The number of hydrogen-bond donors (Lipinski definition) is 0. The molecule has 0 amide bonds. The quantitative estimate of drug-likeness (QED) is 0.611. The Hall–Kier alpha value is -0.625. The average molecular weight is 166 g/mol. The normalized spacial score (nSPS) is 9.64. The van der Waals surface area contributed by atoms with Crippen LogP contribution in [0.2, 0.25) is 5.02 Å². The molecule has 1 rings (SSSR count). The highest BCUT2D eigenvalue weighted by Gasteiger charge is 1.99. The Kier molecular flexibility index (Phi) is 2.83. The lowest BCUT2D eigenvalue weighted by atomic mass is 9.96. The summed E-state index contributed by atoms with van der Waals surface area (Å²) in [5.41, 5.74) is 0.931. The fourth-order valence-electron chi connectivity index (χ4n) is 0.907. The van der Waals surface area contributed by atoms with Crippen molar-refractivity contribution in [1.29, 1.82) is 0 Å². The number of benzene rings is 1. The van der Waals surface area contributed by atoms with Crippen LogP contribution in [-0.2, 0) is 6.32 Å². The average Bonchev–Trinajstić information content (AvgIpc) is 2.04. The molecule has 0 atom stereocenters. The van der Waals surface area contributed by atoms with Crippen molar-refractivity contribution in [2.75, 3.05) is 7.11 Å². The number of ether oxygens (including phenoxy) is 1. The van der Waals surface area contributed by atoms with Crippen LogP contribution in [0.5, 0.6) is 5.75 Å². The van der Waals surface area contributed by atoms with E-state index in [1.165, 1.54) is 0 Å². The van der Waals surface area contributed by atoms with Gasteiger partial charge in [-0.3, -0.25) is 0 Å².